The smallest absolute Gasteiger partial charge is 0.200 e. The van der Waals surface area contributed by atoms with Gasteiger partial charge in [-0.05, 0) is 55.6 Å². The highest BCUT2D eigenvalue weighted by Crippen LogP contribution is 2.38. The summed E-state index contributed by atoms with van der Waals surface area (Å²) < 4.78 is 24.9. The second-order valence-corrected chi connectivity index (χ2v) is 7.26. The topological polar surface area (TPSA) is 73.7 Å². The molecule has 0 aliphatic rings. The zero-order chi connectivity index (χ0) is 21.8. The summed E-state index contributed by atoms with van der Waals surface area (Å²) in [5.41, 5.74) is 2.63. The largest absolute Gasteiger partial charge is 0.494 e. The highest BCUT2D eigenvalue weighted by molar-refractivity contribution is 5.98. The molecule has 2 aromatic carbocycles. The van der Waals surface area contributed by atoms with Gasteiger partial charge in [-0.15, -0.1) is 0 Å². The summed E-state index contributed by atoms with van der Waals surface area (Å²) in [6.07, 6.45) is 1.58. The van der Waals surface area contributed by atoms with E-state index in [0.717, 1.165) is 36.8 Å². The number of aromatic nitrogens is 1. The SMILES string of the molecule is CCN(CC)CCOc1ccc(Nc2coc(-c3c(O)[nH]c4cc(F)ccc34)c2)cc1. The number of ether oxygens (including phenoxy) is 1. The summed E-state index contributed by atoms with van der Waals surface area (Å²) >= 11 is 0. The number of likely N-dealkylation sites (N-methyl/N-ethyl adjacent to an activating group) is 1. The number of nitrogens with one attached hydrogen (secondary N) is 2. The molecule has 4 aromatic rings. The van der Waals surface area contributed by atoms with Crippen LogP contribution in [0.4, 0.5) is 15.8 Å². The number of aromatic amines is 1. The Bertz CT molecular complexity index is 1150. The third-order valence-electron chi connectivity index (χ3n) is 5.30. The Morgan fingerprint density at radius 3 is 2.58 bits per heavy atom. The van der Waals surface area contributed by atoms with E-state index in [1.807, 2.05) is 24.3 Å². The van der Waals surface area contributed by atoms with Crippen LogP contribution in [0.1, 0.15) is 13.8 Å². The molecule has 7 heteroatoms. The number of nitrogens with zero attached hydrogens (tertiary/aromatic N) is 1. The van der Waals surface area contributed by atoms with Crippen molar-refractivity contribution in [2.45, 2.75) is 13.8 Å². The summed E-state index contributed by atoms with van der Waals surface area (Å²) in [6, 6.07) is 13.8. The minimum absolute atomic E-state index is 0.0623. The molecule has 0 aliphatic carbocycles. The summed E-state index contributed by atoms with van der Waals surface area (Å²) in [7, 11) is 0. The Balaban J connectivity index is 1.42. The predicted molar refractivity (Wildman–Crippen MR) is 121 cm³/mol. The Morgan fingerprint density at radius 2 is 1.84 bits per heavy atom. The lowest BCUT2D eigenvalue weighted by molar-refractivity contribution is 0.223. The van der Waals surface area contributed by atoms with Crippen molar-refractivity contribution in [3.8, 4) is 23.0 Å². The first-order valence-electron chi connectivity index (χ1n) is 10.4. The molecule has 4 rings (SSSR count). The van der Waals surface area contributed by atoms with Crippen molar-refractivity contribution in [3.63, 3.8) is 0 Å². The molecule has 0 saturated carbocycles. The number of hydrogen-bond acceptors (Lipinski definition) is 5. The maximum absolute atomic E-state index is 13.4. The molecule has 0 saturated heterocycles. The highest BCUT2D eigenvalue weighted by Gasteiger charge is 2.17. The van der Waals surface area contributed by atoms with E-state index in [1.165, 1.54) is 12.1 Å². The van der Waals surface area contributed by atoms with Crippen LogP contribution in [0.25, 0.3) is 22.2 Å². The van der Waals surface area contributed by atoms with E-state index >= 15 is 0 Å². The lowest BCUT2D eigenvalue weighted by atomic mass is 10.1. The molecule has 0 unspecified atom stereocenters. The first kappa shape index (κ1) is 20.8. The van der Waals surface area contributed by atoms with Crippen LogP contribution in [-0.4, -0.2) is 41.2 Å². The molecule has 0 amide bonds. The van der Waals surface area contributed by atoms with E-state index in [0.29, 0.717) is 28.8 Å². The van der Waals surface area contributed by atoms with Crippen LogP contribution < -0.4 is 10.1 Å². The number of halogens is 1. The van der Waals surface area contributed by atoms with Crippen molar-refractivity contribution in [2.75, 3.05) is 31.6 Å². The zero-order valence-corrected chi connectivity index (χ0v) is 17.6. The van der Waals surface area contributed by atoms with Crippen molar-refractivity contribution in [1.29, 1.82) is 0 Å². The van der Waals surface area contributed by atoms with E-state index in [9.17, 15) is 9.50 Å². The van der Waals surface area contributed by atoms with E-state index < -0.39 is 0 Å². The monoisotopic (exact) mass is 423 g/mol. The fraction of sp³-hybridized carbons (Fsp3) is 0.250. The van der Waals surface area contributed by atoms with Gasteiger partial charge in [-0.2, -0.15) is 0 Å². The second kappa shape index (κ2) is 9.14. The van der Waals surface area contributed by atoms with Crippen molar-refractivity contribution in [1.82, 2.24) is 9.88 Å². The minimum atomic E-state index is -0.373. The first-order valence-corrected chi connectivity index (χ1v) is 10.4. The zero-order valence-electron chi connectivity index (χ0n) is 17.6. The molecule has 3 N–H and O–H groups in total. The molecular weight excluding hydrogens is 397 g/mol. The van der Waals surface area contributed by atoms with Gasteiger partial charge in [-0.1, -0.05) is 13.8 Å². The number of aromatic hydroxyl groups is 1. The van der Waals surface area contributed by atoms with Crippen molar-refractivity contribution in [2.24, 2.45) is 0 Å². The number of H-pyrrole nitrogens is 1. The van der Waals surface area contributed by atoms with Crippen LogP contribution in [0.15, 0.2) is 59.2 Å². The maximum Gasteiger partial charge on any atom is 0.200 e. The molecule has 6 nitrogen and oxygen atoms in total. The molecule has 0 spiro atoms. The van der Waals surface area contributed by atoms with Gasteiger partial charge >= 0.3 is 0 Å². The summed E-state index contributed by atoms with van der Waals surface area (Å²) in [5.74, 6) is 0.867. The fourth-order valence-electron chi connectivity index (χ4n) is 3.57. The Morgan fingerprint density at radius 1 is 1.06 bits per heavy atom. The van der Waals surface area contributed by atoms with Gasteiger partial charge in [0.05, 0.1) is 16.8 Å². The van der Waals surface area contributed by atoms with Crippen LogP contribution >= 0.6 is 0 Å². The quantitative estimate of drug-likeness (QED) is 0.320. The molecule has 0 aliphatic heterocycles. The molecule has 2 aromatic heterocycles. The number of hydrogen-bond donors (Lipinski definition) is 3. The number of anilines is 2. The first-order chi connectivity index (χ1) is 15.1. The lowest BCUT2D eigenvalue weighted by Gasteiger charge is -2.18. The van der Waals surface area contributed by atoms with Gasteiger partial charge in [0, 0.05) is 23.7 Å². The van der Waals surface area contributed by atoms with Crippen LogP contribution in [0.2, 0.25) is 0 Å². The number of benzene rings is 2. The molecule has 31 heavy (non-hydrogen) atoms. The highest BCUT2D eigenvalue weighted by atomic mass is 19.1. The van der Waals surface area contributed by atoms with Crippen molar-refractivity contribution < 1.29 is 18.7 Å². The molecular formula is C24H26FN3O3. The third-order valence-corrected chi connectivity index (χ3v) is 5.30. The third kappa shape index (κ3) is 4.67. The van der Waals surface area contributed by atoms with Crippen LogP contribution in [0.3, 0.4) is 0 Å². The number of fused-ring (bicyclic) bond motifs is 1. The van der Waals surface area contributed by atoms with E-state index in [4.69, 9.17) is 9.15 Å². The molecule has 0 bridgehead atoms. The second-order valence-electron chi connectivity index (χ2n) is 7.26. The van der Waals surface area contributed by atoms with Crippen LogP contribution in [0, 0.1) is 5.82 Å². The molecule has 0 fully saturated rings. The minimum Gasteiger partial charge on any atom is -0.494 e. The molecule has 0 atom stereocenters. The van der Waals surface area contributed by atoms with Gasteiger partial charge in [0.1, 0.15) is 30.2 Å². The van der Waals surface area contributed by atoms with Crippen LogP contribution in [-0.2, 0) is 0 Å². The summed E-state index contributed by atoms with van der Waals surface area (Å²) in [6.45, 7) is 7.87. The van der Waals surface area contributed by atoms with Gasteiger partial charge in [-0.3, -0.25) is 0 Å². The predicted octanol–water partition coefficient (Wildman–Crippen LogP) is 5.74. The van der Waals surface area contributed by atoms with E-state index in [2.05, 4.69) is 29.0 Å². The van der Waals surface area contributed by atoms with Gasteiger partial charge in [0.15, 0.2) is 0 Å². The Labute approximate surface area is 180 Å². The normalized spacial score (nSPS) is 11.4. The lowest BCUT2D eigenvalue weighted by Crippen LogP contribution is -2.27. The summed E-state index contributed by atoms with van der Waals surface area (Å²) in [4.78, 5) is 5.09. The summed E-state index contributed by atoms with van der Waals surface area (Å²) in [5, 5.41) is 14.2. The van der Waals surface area contributed by atoms with E-state index in [1.54, 1.807) is 18.4 Å². The Hall–Kier alpha value is -3.45. The van der Waals surface area contributed by atoms with Gasteiger partial charge < -0.3 is 29.5 Å². The number of furan rings is 1. The van der Waals surface area contributed by atoms with Gasteiger partial charge in [0.2, 0.25) is 5.88 Å². The van der Waals surface area contributed by atoms with Crippen molar-refractivity contribution >= 4 is 22.3 Å². The molecule has 0 radical (unpaired) electrons. The standard InChI is InChI=1S/C24H26FN3O3/c1-3-28(4-2)11-12-30-19-8-6-17(7-9-19)26-18-14-22(31-15-18)23-20-10-5-16(25)13-21(20)27-24(23)29/h5-10,13-15,26-27,29H,3-4,11-12H2,1-2H3. The van der Waals surface area contributed by atoms with Gasteiger partial charge in [0.25, 0.3) is 0 Å². The number of rotatable bonds is 9. The fourth-order valence-corrected chi connectivity index (χ4v) is 3.57. The van der Waals surface area contributed by atoms with Gasteiger partial charge in [-0.25, -0.2) is 4.39 Å². The average molecular weight is 423 g/mol. The maximum atomic E-state index is 13.4. The average Bonchev–Trinajstić information content (AvgIpc) is 3.35. The molecule has 2 heterocycles. The van der Waals surface area contributed by atoms with E-state index in [-0.39, 0.29) is 11.7 Å². The van der Waals surface area contributed by atoms with Crippen molar-refractivity contribution in [3.05, 3.63) is 60.6 Å². The Kier molecular flexibility index (Phi) is 6.13. The van der Waals surface area contributed by atoms with Crippen LogP contribution in [0.5, 0.6) is 11.6 Å². The molecule has 162 valence electrons.